The number of fused-ring (bicyclic) bond motifs is 1. The molecule has 0 N–H and O–H groups in total. The molecule has 2 rings (SSSR count). The number of hydrogen-bond donors (Lipinski definition) is 0. The van der Waals surface area contributed by atoms with Crippen molar-refractivity contribution in [2.45, 2.75) is 19.8 Å². The van der Waals surface area contributed by atoms with Gasteiger partial charge in [-0.2, -0.15) is 14.8 Å². The lowest BCUT2D eigenvalue weighted by Gasteiger charge is -2.05. The summed E-state index contributed by atoms with van der Waals surface area (Å²) < 4.78 is 6.92. The van der Waals surface area contributed by atoms with E-state index < -0.39 is 0 Å². The number of aromatic nitrogens is 2. The van der Waals surface area contributed by atoms with E-state index in [1.807, 2.05) is 6.20 Å². The maximum Gasteiger partial charge on any atom is 0.318 e. The van der Waals surface area contributed by atoms with Gasteiger partial charge in [0.15, 0.2) is 0 Å². The van der Waals surface area contributed by atoms with Crippen LogP contribution < -0.4 is 4.74 Å². The van der Waals surface area contributed by atoms with Gasteiger partial charge in [-0.15, -0.1) is 0 Å². The van der Waals surface area contributed by atoms with E-state index in [0.717, 1.165) is 5.69 Å². The fourth-order valence-electron chi connectivity index (χ4n) is 1.06. The first-order chi connectivity index (χ1) is 5.77. The molecular formula is C8H11N3O. The van der Waals surface area contributed by atoms with E-state index in [1.54, 1.807) is 10.9 Å². The Bertz CT molecular complexity index is 314. The zero-order valence-corrected chi connectivity index (χ0v) is 7.19. The van der Waals surface area contributed by atoms with Crippen molar-refractivity contribution in [2.24, 2.45) is 5.10 Å². The predicted molar refractivity (Wildman–Crippen MR) is 45.7 cm³/mol. The van der Waals surface area contributed by atoms with Crippen LogP contribution in [0.3, 0.4) is 0 Å². The van der Waals surface area contributed by atoms with Gasteiger partial charge in [-0.3, -0.25) is 0 Å². The Hall–Kier alpha value is -1.32. The lowest BCUT2D eigenvalue weighted by Crippen LogP contribution is -2.09. The van der Waals surface area contributed by atoms with E-state index in [1.165, 1.54) is 0 Å². The molecule has 1 aliphatic rings. The molecule has 2 heterocycles. The highest BCUT2D eigenvalue weighted by Gasteiger charge is 2.12. The Labute approximate surface area is 70.9 Å². The van der Waals surface area contributed by atoms with Crippen LogP contribution >= 0.6 is 0 Å². The van der Waals surface area contributed by atoms with Crippen molar-refractivity contribution in [3.8, 4) is 6.01 Å². The zero-order chi connectivity index (χ0) is 8.55. The molecule has 12 heavy (non-hydrogen) atoms. The number of nitrogens with zero attached hydrogens (tertiary/aromatic N) is 3. The molecule has 0 amide bonds. The van der Waals surface area contributed by atoms with Gasteiger partial charge in [0.05, 0.1) is 18.1 Å². The third kappa shape index (κ3) is 1.09. The summed E-state index contributed by atoms with van der Waals surface area (Å²) in [5, 5.41) is 4.10. The van der Waals surface area contributed by atoms with Crippen LogP contribution in [0.5, 0.6) is 6.01 Å². The Balaban J connectivity index is 2.39. The van der Waals surface area contributed by atoms with Crippen LogP contribution in [-0.2, 0) is 0 Å². The minimum absolute atomic E-state index is 0.418. The Morgan fingerprint density at radius 3 is 3.08 bits per heavy atom. The van der Waals surface area contributed by atoms with Crippen molar-refractivity contribution in [3.63, 3.8) is 0 Å². The largest absolute Gasteiger partial charge is 0.457 e. The van der Waals surface area contributed by atoms with Crippen LogP contribution in [0.25, 0.3) is 0 Å². The number of imidazole rings is 1. The first kappa shape index (κ1) is 7.34. The summed E-state index contributed by atoms with van der Waals surface area (Å²) in [6.07, 6.45) is 3.62. The number of hydrogen-bond acceptors (Lipinski definition) is 3. The van der Waals surface area contributed by atoms with E-state index in [0.29, 0.717) is 18.5 Å². The fraction of sp³-hybridized carbons (Fsp3) is 0.500. The Morgan fingerprint density at radius 1 is 1.58 bits per heavy atom. The highest BCUT2D eigenvalue weighted by atomic mass is 16.5. The van der Waals surface area contributed by atoms with Crippen LogP contribution in [0, 0.1) is 0 Å². The minimum atomic E-state index is 0.418. The summed E-state index contributed by atoms with van der Waals surface area (Å²) in [7, 11) is 0. The van der Waals surface area contributed by atoms with Gasteiger partial charge in [-0.1, -0.05) is 13.8 Å². The molecular weight excluding hydrogens is 154 g/mol. The average molecular weight is 165 g/mol. The smallest absolute Gasteiger partial charge is 0.318 e. The van der Waals surface area contributed by atoms with Gasteiger partial charge in [-0.25, -0.2) is 0 Å². The predicted octanol–water partition coefficient (Wildman–Crippen LogP) is 1.23. The van der Waals surface area contributed by atoms with E-state index in [4.69, 9.17) is 4.74 Å². The topological polar surface area (TPSA) is 39.4 Å². The van der Waals surface area contributed by atoms with E-state index in [-0.39, 0.29) is 0 Å². The van der Waals surface area contributed by atoms with E-state index in [2.05, 4.69) is 23.9 Å². The normalized spacial score (nSPS) is 14.6. The van der Waals surface area contributed by atoms with E-state index in [9.17, 15) is 0 Å². The lowest BCUT2D eigenvalue weighted by molar-refractivity contribution is 0.322. The molecule has 0 aromatic carbocycles. The van der Waals surface area contributed by atoms with Gasteiger partial charge in [-0.05, 0) is 5.92 Å². The second kappa shape index (κ2) is 2.62. The van der Waals surface area contributed by atoms with Gasteiger partial charge in [0.25, 0.3) is 0 Å². The van der Waals surface area contributed by atoms with Crippen molar-refractivity contribution in [2.75, 3.05) is 6.61 Å². The molecule has 4 nitrogen and oxygen atoms in total. The molecule has 0 atom stereocenters. The third-order valence-electron chi connectivity index (χ3n) is 1.76. The summed E-state index contributed by atoms with van der Waals surface area (Å²) in [4.78, 5) is 4.28. The molecule has 4 heteroatoms. The van der Waals surface area contributed by atoms with Crippen molar-refractivity contribution in [1.29, 1.82) is 0 Å². The lowest BCUT2D eigenvalue weighted by atomic mass is 10.2. The first-order valence-electron chi connectivity index (χ1n) is 4.02. The van der Waals surface area contributed by atoms with Gasteiger partial charge in [0.1, 0.15) is 6.61 Å². The summed E-state index contributed by atoms with van der Waals surface area (Å²) in [6.45, 7) is 4.71. The van der Waals surface area contributed by atoms with Crippen molar-refractivity contribution < 1.29 is 4.74 Å². The SMILES string of the molecule is CC(C)c1cn2c(n1)OCC=N2. The molecule has 0 unspecified atom stereocenters. The second-order valence-corrected chi connectivity index (χ2v) is 3.06. The van der Waals surface area contributed by atoms with Crippen LogP contribution in [0.15, 0.2) is 11.3 Å². The third-order valence-corrected chi connectivity index (χ3v) is 1.76. The maximum atomic E-state index is 5.26. The first-order valence-corrected chi connectivity index (χ1v) is 4.02. The van der Waals surface area contributed by atoms with Crippen LogP contribution in [0.4, 0.5) is 0 Å². The molecule has 0 radical (unpaired) electrons. The molecule has 0 aliphatic carbocycles. The molecule has 64 valence electrons. The van der Waals surface area contributed by atoms with Crippen LogP contribution in [0.2, 0.25) is 0 Å². The highest BCUT2D eigenvalue weighted by molar-refractivity contribution is 5.59. The molecule has 0 bridgehead atoms. The molecule has 0 saturated heterocycles. The zero-order valence-electron chi connectivity index (χ0n) is 7.19. The fourth-order valence-corrected chi connectivity index (χ4v) is 1.06. The number of rotatable bonds is 1. The molecule has 1 aromatic rings. The molecule has 0 saturated carbocycles. The van der Waals surface area contributed by atoms with Crippen molar-refractivity contribution >= 4 is 6.21 Å². The quantitative estimate of drug-likeness (QED) is 0.628. The molecule has 0 spiro atoms. The minimum Gasteiger partial charge on any atom is -0.457 e. The summed E-state index contributed by atoms with van der Waals surface area (Å²) in [6, 6.07) is 0.598. The van der Waals surface area contributed by atoms with Crippen LogP contribution in [0.1, 0.15) is 25.5 Å². The second-order valence-electron chi connectivity index (χ2n) is 3.06. The highest BCUT2D eigenvalue weighted by Crippen LogP contribution is 2.19. The van der Waals surface area contributed by atoms with Crippen molar-refractivity contribution in [3.05, 3.63) is 11.9 Å². The summed E-state index contributed by atoms with van der Waals surface area (Å²) in [5.74, 6) is 0.418. The molecule has 0 fully saturated rings. The van der Waals surface area contributed by atoms with Gasteiger partial charge < -0.3 is 4.74 Å². The Morgan fingerprint density at radius 2 is 2.42 bits per heavy atom. The average Bonchev–Trinajstić information content (AvgIpc) is 2.46. The standard InChI is InChI=1S/C8H11N3O/c1-6(2)7-5-11-8(10-7)12-4-3-9-11/h3,5-6H,4H2,1-2H3. The van der Waals surface area contributed by atoms with Gasteiger partial charge in [0, 0.05) is 0 Å². The summed E-state index contributed by atoms with van der Waals surface area (Å²) in [5.41, 5.74) is 1.02. The Kier molecular flexibility index (Phi) is 1.60. The monoisotopic (exact) mass is 165 g/mol. The molecule has 1 aromatic heterocycles. The van der Waals surface area contributed by atoms with Crippen molar-refractivity contribution in [1.82, 2.24) is 9.66 Å². The van der Waals surface area contributed by atoms with E-state index >= 15 is 0 Å². The van der Waals surface area contributed by atoms with Gasteiger partial charge >= 0.3 is 6.01 Å². The number of ether oxygens (including phenoxy) is 1. The van der Waals surface area contributed by atoms with Gasteiger partial charge in [0.2, 0.25) is 0 Å². The summed E-state index contributed by atoms with van der Waals surface area (Å²) >= 11 is 0. The maximum absolute atomic E-state index is 5.26. The molecule has 1 aliphatic heterocycles. The van der Waals surface area contributed by atoms with Crippen LogP contribution in [-0.4, -0.2) is 22.5 Å².